The number of rotatable bonds is 8. The van der Waals surface area contributed by atoms with E-state index in [2.05, 4.69) is 5.32 Å². The van der Waals surface area contributed by atoms with Gasteiger partial charge in [0.2, 0.25) is 11.7 Å². The SMILES string of the molecule is COc1cc(C(=O)OCC(=O)c2ccc(NC(=O)C(C)(C)C)cc2)cc(OC)c1OC. The highest BCUT2D eigenvalue weighted by atomic mass is 16.5. The van der Waals surface area contributed by atoms with Crippen molar-refractivity contribution < 1.29 is 33.3 Å². The first-order valence-corrected chi connectivity index (χ1v) is 9.52. The van der Waals surface area contributed by atoms with E-state index in [-0.39, 0.29) is 17.3 Å². The van der Waals surface area contributed by atoms with Crippen molar-refractivity contribution in [2.75, 3.05) is 33.3 Å². The third-order valence-corrected chi connectivity index (χ3v) is 4.38. The Hall–Kier alpha value is -3.55. The first kappa shape index (κ1) is 23.7. The summed E-state index contributed by atoms with van der Waals surface area (Å²) in [5.41, 5.74) is 0.551. The molecule has 31 heavy (non-hydrogen) atoms. The molecular weight excluding hydrogens is 402 g/mol. The molecule has 8 nitrogen and oxygen atoms in total. The van der Waals surface area contributed by atoms with E-state index in [1.807, 2.05) is 20.8 Å². The molecule has 0 atom stereocenters. The van der Waals surface area contributed by atoms with Crippen LogP contribution in [-0.2, 0) is 9.53 Å². The maximum absolute atomic E-state index is 12.4. The molecule has 0 aliphatic rings. The first-order valence-electron chi connectivity index (χ1n) is 9.52. The third-order valence-electron chi connectivity index (χ3n) is 4.38. The van der Waals surface area contributed by atoms with E-state index in [0.29, 0.717) is 28.5 Å². The first-order chi connectivity index (χ1) is 14.6. The quantitative estimate of drug-likeness (QED) is 0.504. The number of hydrogen-bond acceptors (Lipinski definition) is 7. The molecular formula is C23H27NO7. The van der Waals surface area contributed by atoms with Crippen molar-refractivity contribution in [2.45, 2.75) is 20.8 Å². The zero-order chi connectivity index (χ0) is 23.2. The highest BCUT2D eigenvalue weighted by molar-refractivity contribution is 6.00. The normalized spacial score (nSPS) is 10.8. The number of methoxy groups -OCH3 is 3. The van der Waals surface area contributed by atoms with E-state index in [1.165, 1.54) is 33.5 Å². The van der Waals surface area contributed by atoms with Gasteiger partial charge in [0, 0.05) is 16.7 Å². The number of anilines is 1. The number of esters is 1. The summed E-state index contributed by atoms with van der Waals surface area (Å²) in [6.45, 7) is 4.98. The van der Waals surface area contributed by atoms with Crippen molar-refractivity contribution >= 4 is 23.3 Å². The molecule has 0 aliphatic heterocycles. The molecule has 166 valence electrons. The molecule has 0 saturated carbocycles. The number of benzene rings is 2. The van der Waals surface area contributed by atoms with E-state index in [4.69, 9.17) is 18.9 Å². The van der Waals surface area contributed by atoms with Gasteiger partial charge < -0.3 is 24.3 Å². The molecule has 2 rings (SSSR count). The van der Waals surface area contributed by atoms with Gasteiger partial charge >= 0.3 is 5.97 Å². The van der Waals surface area contributed by atoms with Gasteiger partial charge in [-0.15, -0.1) is 0 Å². The summed E-state index contributed by atoms with van der Waals surface area (Å²) in [6.07, 6.45) is 0. The Morgan fingerprint density at radius 2 is 1.39 bits per heavy atom. The minimum atomic E-state index is -0.707. The fraction of sp³-hybridized carbons (Fsp3) is 0.348. The largest absolute Gasteiger partial charge is 0.493 e. The molecule has 0 bridgehead atoms. The monoisotopic (exact) mass is 429 g/mol. The van der Waals surface area contributed by atoms with E-state index in [1.54, 1.807) is 24.3 Å². The second kappa shape index (κ2) is 9.97. The van der Waals surface area contributed by atoms with Gasteiger partial charge in [-0.2, -0.15) is 0 Å². The van der Waals surface area contributed by atoms with E-state index in [0.717, 1.165) is 0 Å². The number of amides is 1. The minimum Gasteiger partial charge on any atom is -0.493 e. The van der Waals surface area contributed by atoms with Crippen LogP contribution in [0.25, 0.3) is 0 Å². The number of Topliss-reactive ketones (excluding diaryl/α,β-unsaturated/α-hetero) is 1. The zero-order valence-electron chi connectivity index (χ0n) is 18.5. The number of ether oxygens (including phenoxy) is 4. The Morgan fingerprint density at radius 3 is 1.84 bits per heavy atom. The number of ketones is 1. The Balaban J connectivity index is 2.04. The van der Waals surface area contributed by atoms with Crippen LogP contribution in [0.3, 0.4) is 0 Å². The van der Waals surface area contributed by atoms with Crippen molar-refractivity contribution in [1.82, 2.24) is 0 Å². The lowest BCUT2D eigenvalue weighted by Crippen LogP contribution is -2.27. The van der Waals surface area contributed by atoms with Crippen LogP contribution in [0.1, 0.15) is 41.5 Å². The molecule has 2 aromatic carbocycles. The molecule has 0 heterocycles. The fourth-order valence-electron chi connectivity index (χ4n) is 2.55. The number of carbonyl (C=O) groups excluding carboxylic acids is 3. The number of carbonyl (C=O) groups is 3. The number of hydrogen-bond donors (Lipinski definition) is 1. The van der Waals surface area contributed by atoms with Gasteiger partial charge in [-0.3, -0.25) is 9.59 Å². The molecule has 0 fully saturated rings. The summed E-state index contributed by atoms with van der Waals surface area (Å²) in [4.78, 5) is 36.8. The molecule has 2 aromatic rings. The lowest BCUT2D eigenvalue weighted by atomic mass is 9.95. The maximum atomic E-state index is 12.4. The maximum Gasteiger partial charge on any atom is 0.338 e. The molecule has 0 aliphatic carbocycles. The summed E-state index contributed by atoms with van der Waals surface area (Å²) in [7, 11) is 4.32. The van der Waals surface area contributed by atoms with Crippen LogP contribution in [0, 0.1) is 5.41 Å². The van der Waals surface area contributed by atoms with Crippen molar-refractivity contribution in [3.8, 4) is 17.2 Å². The van der Waals surface area contributed by atoms with Crippen LogP contribution in [-0.4, -0.2) is 45.6 Å². The molecule has 0 saturated heterocycles. The zero-order valence-corrected chi connectivity index (χ0v) is 18.5. The van der Waals surface area contributed by atoms with Crippen LogP contribution in [0.4, 0.5) is 5.69 Å². The third kappa shape index (κ3) is 5.97. The van der Waals surface area contributed by atoms with Crippen LogP contribution in [0.2, 0.25) is 0 Å². The second-order valence-electron chi connectivity index (χ2n) is 7.69. The molecule has 8 heteroatoms. The summed E-state index contributed by atoms with van der Waals surface area (Å²) < 4.78 is 20.8. The highest BCUT2D eigenvalue weighted by Crippen LogP contribution is 2.38. The summed E-state index contributed by atoms with van der Waals surface area (Å²) in [5, 5.41) is 2.78. The van der Waals surface area contributed by atoms with Crippen molar-refractivity contribution in [3.63, 3.8) is 0 Å². The van der Waals surface area contributed by atoms with E-state index in [9.17, 15) is 14.4 Å². The molecule has 0 unspecified atom stereocenters. The number of nitrogens with one attached hydrogen (secondary N) is 1. The van der Waals surface area contributed by atoms with Gasteiger partial charge in [0.25, 0.3) is 0 Å². The highest BCUT2D eigenvalue weighted by Gasteiger charge is 2.21. The van der Waals surface area contributed by atoms with Gasteiger partial charge in [-0.1, -0.05) is 20.8 Å². The smallest absolute Gasteiger partial charge is 0.338 e. The topological polar surface area (TPSA) is 100 Å². The van der Waals surface area contributed by atoms with Crippen molar-refractivity contribution in [2.24, 2.45) is 5.41 Å². The van der Waals surface area contributed by atoms with Crippen molar-refractivity contribution in [1.29, 1.82) is 0 Å². The van der Waals surface area contributed by atoms with Gasteiger partial charge in [0.1, 0.15) is 0 Å². The molecule has 1 N–H and O–H groups in total. The molecule has 0 radical (unpaired) electrons. The standard InChI is InChI=1S/C23H27NO7/c1-23(2,3)22(27)24-16-9-7-14(8-10-16)17(25)13-31-21(26)15-11-18(28-4)20(30-6)19(12-15)29-5/h7-12H,13H2,1-6H3,(H,24,27). The molecule has 0 aromatic heterocycles. The lowest BCUT2D eigenvalue weighted by molar-refractivity contribution is -0.123. The summed E-state index contributed by atoms with van der Waals surface area (Å²) in [5.74, 6) is -0.278. The predicted octanol–water partition coefficient (Wildman–Crippen LogP) is 3.74. The van der Waals surface area contributed by atoms with Crippen LogP contribution in [0.5, 0.6) is 17.2 Å². The van der Waals surface area contributed by atoms with E-state index >= 15 is 0 Å². The van der Waals surface area contributed by atoms with Crippen LogP contribution in [0.15, 0.2) is 36.4 Å². The lowest BCUT2D eigenvalue weighted by Gasteiger charge is -2.17. The Kier molecular flexibility index (Phi) is 7.63. The summed E-state index contributed by atoms with van der Waals surface area (Å²) in [6, 6.07) is 9.26. The van der Waals surface area contributed by atoms with Crippen LogP contribution < -0.4 is 19.5 Å². The van der Waals surface area contributed by atoms with E-state index < -0.39 is 18.0 Å². The van der Waals surface area contributed by atoms with Gasteiger partial charge in [-0.05, 0) is 36.4 Å². The minimum absolute atomic E-state index is 0.133. The predicted molar refractivity (Wildman–Crippen MR) is 115 cm³/mol. The molecule has 1 amide bonds. The Labute approximate surface area is 181 Å². The van der Waals surface area contributed by atoms with Crippen molar-refractivity contribution in [3.05, 3.63) is 47.5 Å². The average molecular weight is 429 g/mol. The van der Waals surface area contributed by atoms with Gasteiger partial charge in [0.05, 0.1) is 26.9 Å². The fourth-order valence-corrected chi connectivity index (χ4v) is 2.55. The summed E-state index contributed by atoms with van der Waals surface area (Å²) >= 11 is 0. The van der Waals surface area contributed by atoms with Crippen LogP contribution >= 0.6 is 0 Å². The average Bonchev–Trinajstić information content (AvgIpc) is 2.75. The Morgan fingerprint density at radius 1 is 0.839 bits per heavy atom. The van der Waals surface area contributed by atoms with Gasteiger partial charge in [-0.25, -0.2) is 4.79 Å². The molecule has 0 spiro atoms. The van der Waals surface area contributed by atoms with Gasteiger partial charge in [0.15, 0.2) is 23.9 Å². The second-order valence-corrected chi connectivity index (χ2v) is 7.69. The Bertz CT molecular complexity index is 934.